The van der Waals surface area contributed by atoms with Crippen molar-refractivity contribution in [2.75, 3.05) is 0 Å². The molecule has 0 fully saturated rings. The molecule has 3 heterocycles. The van der Waals surface area contributed by atoms with Gasteiger partial charge in [0, 0.05) is 43.5 Å². The van der Waals surface area contributed by atoms with Crippen molar-refractivity contribution in [2.24, 2.45) is 0 Å². The maximum atomic E-state index is 2.52. The molecule has 6 aromatic carbocycles. The third-order valence-corrected chi connectivity index (χ3v) is 9.35. The fraction of sp³-hybridized carbons (Fsp3) is 0. The van der Waals surface area contributed by atoms with Crippen LogP contribution in [0.15, 0.2) is 134 Å². The lowest BCUT2D eigenvalue weighted by Crippen LogP contribution is -1.95. The van der Waals surface area contributed by atoms with Crippen LogP contribution in [0.1, 0.15) is 0 Å². The lowest BCUT2D eigenvalue weighted by molar-refractivity contribution is 1.13. The minimum atomic E-state index is 1.17. The number of para-hydroxylation sites is 1. The molecule has 0 spiro atoms. The molecule has 0 N–H and O–H groups in total. The van der Waals surface area contributed by atoms with E-state index in [2.05, 4.69) is 143 Å². The Labute approximate surface area is 228 Å². The first-order valence-corrected chi connectivity index (χ1v) is 14.1. The van der Waals surface area contributed by atoms with Gasteiger partial charge in [0.2, 0.25) is 0 Å². The molecule has 2 nitrogen and oxygen atoms in total. The summed E-state index contributed by atoms with van der Waals surface area (Å²) in [5, 5.41) is 9.07. The zero-order valence-corrected chi connectivity index (χ0v) is 21.8. The van der Waals surface area contributed by atoms with Crippen LogP contribution < -0.4 is 0 Å². The lowest BCUT2D eigenvalue weighted by Gasteiger charge is -2.11. The highest BCUT2D eigenvalue weighted by atomic mass is 32.1. The van der Waals surface area contributed by atoms with Gasteiger partial charge in [-0.1, -0.05) is 84.9 Å². The van der Waals surface area contributed by atoms with E-state index in [1.54, 1.807) is 0 Å². The molecule has 3 aromatic heterocycles. The first kappa shape index (κ1) is 21.1. The van der Waals surface area contributed by atoms with Gasteiger partial charge in [0.25, 0.3) is 0 Å². The summed E-state index contributed by atoms with van der Waals surface area (Å²) in [6, 6.07) is 46.4. The summed E-state index contributed by atoms with van der Waals surface area (Å²) in [7, 11) is 0. The van der Waals surface area contributed by atoms with Crippen molar-refractivity contribution in [3.63, 3.8) is 0 Å². The zero-order chi connectivity index (χ0) is 25.5. The number of rotatable bonds is 2. The Morgan fingerprint density at radius 3 is 2.18 bits per heavy atom. The number of fused-ring (bicyclic) bond motifs is 10. The topological polar surface area (TPSA) is 9.86 Å². The molecule has 0 radical (unpaired) electrons. The van der Waals surface area contributed by atoms with Gasteiger partial charge in [0.1, 0.15) is 0 Å². The summed E-state index contributed by atoms with van der Waals surface area (Å²) in [5.41, 5.74) is 6.13. The Morgan fingerprint density at radius 2 is 1.26 bits per heavy atom. The van der Waals surface area contributed by atoms with Crippen LogP contribution in [0.4, 0.5) is 0 Å². The van der Waals surface area contributed by atoms with Gasteiger partial charge in [-0.05, 0) is 53.2 Å². The third kappa shape index (κ3) is 2.85. The maximum absolute atomic E-state index is 2.52. The quantitative estimate of drug-likeness (QED) is 0.217. The van der Waals surface area contributed by atoms with Crippen LogP contribution in [0, 0.1) is 0 Å². The molecule has 0 amide bonds. The number of hydrogen-bond acceptors (Lipinski definition) is 1. The molecule has 0 bridgehead atoms. The van der Waals surface area contributed by atoms with Crippen LogP contribution in [0.5, 0.6) is 0 Å². The van der Waals surface area contributed by atoms with E-state index in [0.717, 1.165) is 0 Å². The Kier molecular flexibility index (Phi) is 4.24. The van der Waals surface area contributed by atoms with E-state index in [1.807, 2.05) is 11.3 Å². The molecular weight excluding hydrogens is 492 g/mol. The van der Waals surface area contributed by atoms with Gasteiger partial charge in [0.05, 0.1) is 26.9 Å². The highest BCUT2D eigenvalue weighted by Crippen LogP contribution is 2.44. The van der Waals surface area contributed by atoms with Crippen LogP contribution in [0.3, 0.4) is 0 Å². The summed E-state index contributed by atoms with van der Waals surface area (Å²) in [4.78, 5) is 0. The molecule has 0 saturated heterocycles. The van der Waals surface area contributed by atoms with E-state index < -0.39 is 0 Å². The summed E-state index contributed by atoms with van der Waals surface area (Å²) in [6.07, 6.45) is 2.21. The highest BCUT2D eigenvalue weighted by Gasteiger charge is 2.20. The van der Waals surface area contributed by atoms with Crippen LogP contribution in [0.25, 0.3) is 75.0 Å². The van der Waals surface area contributed by atoms with Crippen molar-refractivity contribution in [3.8, 4) is 11.4 Å². The van der Waals surface area contributed by atoms with Gasteiger partial charge < -0.3 is 9.13 Å². The summed E-state index contributed by atoms with van der Waals surface area (Å²) in [5.74, 6) is 0. The van der Waals surface area contributed by atoms with Crippen LogP contribution >= 0.6 is 11.3 Å². The Hall–Kier alpha value is -4.86. The van der Waals surface area contributed by atoms with Gasteiger partial charge in [-0.25, -0.2) is 0 Å². The molecule has 9 aromatic rings. The van der Waals surface area contributed by atoms with E-state index >= 15 is 0 Å². The van der Waals surface area contributed by atoms with E-state index in [-0.39, 0.29) is 0 Å². The smallest absolute Gasteiger partial charge is 0.0641 e. The molecule has 0 unspecified atom stereocenters. The fourth-order valence-electron chi connectivity index (χ4n) is 6.47. The van der Waals surface area contributed by atoms with Gasteiger partial charge in [0.15, 0.2) is 0 Å². The van der Waals surface area contributed by atoms with Crippen molar-refractivity contribution in [1.82, 2.24) is 9.13 Å². The fourth-order valence-corrected chi connectivity index (χ4v) is 7.67. The van der Waals surface area contributed by atoms with Gasteiger partial charge in [-0.15, -0.1) is 11.3 Å². The minimum Gasteiger partial charge on any atom is -0.316 e. The molecule has 0 aliphatic carbocycles. The first-order chi connectivity index (χ1) is 19.4. The van der Waals surface area contributed by atoms with Gasteiger partial charge >= 0.3 is 0 Å². The SMILES string of the molecule is c1ccc(-n2ccc3c2ccc2c4c5ccccc5ccc4n(-c4cccc5c4sc4ccccc45)c23)cc1. The van der Waals surface area contributed by atoms with Crippen molar-refractivity contribution >= 4 is 75.0 Å². The normalized spacial score (nSPS) is 12.1. The standard InChI is InChI=1S/C36H22N2S/c1-2-10-24(11-3-1)37-22-21-28-30(37)20-18-29-34-25-12-5-4-9-23(25)17-19-31(34)38(35(28)29)32-15-8-14-27-26-13-6-7-16-33(26)39-36(27)32/h1-22H. The first-order valence-electron chi connectivity index (χ1n) is 13.3. The monoisotopic (exact) mass is 514 g/mol. The molecule has 182 valence electrons. The molecular formula is C36H22N2S. The van der Waals surface area contributed by atoms with Crippen molar-refractivity contribution in [2.45, 2.75) is 0 Å². The molecule has 0 saturated carbocycles. The molecule has 0 aliphatic heterocycles. The Morgan fingerprint density at radius 1 is 0.487 bits per heavy atom. The number of aromatic nitrogens is 2. The molecule has 0 atom stereocenters. The summed E-state index contributed by atoms with van der Waals surface area (Å²) in [6.45, 7) is 0. The second-order valence-corrected chi connectivity index (χ2v) is 11.2. The zero-order valence-electron chi connectivity index (χ0n) is 21.0. The van der Waals surface area contributed by atoms with Gasteiger partial charge in [-0.3, -0.25) is 0 Å². The highest BCUT2D eigenvalue weighted by molar-refractivity contribution is 7.26. The van der Waals surface area contributed by atoms with E-state index in [0.29, 0.717) is 0 Å². The molecule has 3 heteroatoms. The number of nitrogens with zero attached hydrogens (tertiary/aromatic N) is 2. The summed E-state index contributed by atoms with van der Waals surface area (Å²) < 4.78 is 7.47. The van der Waals surface area contributed by atoms with Crippen molar-refractivity contribution < 1.29 is 0 Å². The largest absolute Gasteiger partial charge is 0.316 e. The number of thiophene rings is 1. The predicted molar refractivity (Wildman–Crippen MR) is 168 cm³/mol. The Balaban J connectivity index is 1.50. The van der Waals surface area contributed by atoms with E-state index in [9.17, 15) is 0 Å². The van der Waals surface area contributed by atoms with Crippen molar-refractivity contribution in [1.29, 1.82) is 0 Å². The average molecular weight is 515 g/mol. The van der Waals surface area contributed by atoms with E-state index in [1.165, 1.54) is 75.0 Å². The van der Waals surface area contributed by atoms with Crippen molar-refractivity contribution in [3.05, 3.63) is 134 Å². The molecule has 39 heavy (non-hydrogen) atoms. The number of hydrogen-bond donors (Lipinski definition) is 0. The van der Waals surface area contributed by atoms with Crippen LogP contribution in [-0.2, 0) is 0 Å². The van der Waals surface area contributed by atoms with Crippen LogP contribution in [0.2, 0.25) is 0 Å². The third-order valence-electron chi connectivity index (χ3n) is 8.14. The second kappa shape index (κ2) is 7.83. The maximum Gasteiger partial charge on any atom is 0.0641 e. The number of benzene rings is 6. The molecule has 9 rings (SSSR count). The van der Waals surface area contributed by atoms with Gasteiger partial charge in [-0.2, -0.15) is 0 Å². The van der Waals surface area contributed by atoms with Crippen LogP contribution in [-0.4, -0.2) is 9.13 Å². The Bertz CT molecular complexity index is 2390. The summed E-state index contributed by atoms with van der Waals surface area (Å²) >= 11 is 1.89. The molecule has 0 aliphatic rings. The van der Waals surface area contributed by atoms with E-state index in [4.69, 9.17) is 0 Å². The minimum absolute atomic E-state index is 1.17. The predicted octanol–water partition coefficient (Wildman–Crippen LogP) is 10.2. The lowest BCUT2D eigenvalue weighted by atomic mass is 10.0. The second-order valence-electron chi connectivity index (χ2n) is 10.2. The average Bonchev–Trinajstić information content (AvgIpc) is 3.69.